The number of para-hydroxylation sites is 1. The Kier molecular flexibility index (Phi) is 3.72. The third-order valence-electron chi connectivity index (χ3n) is 3.11. The Morgan fingerprint density at radius 3 is 3.11 bits per heavy atom. The van der Waals surface area contributed by atoms with Crippen molar-refractivity contribution >= 4 is 39.2 Å². The van der Waals surface area contributed by atoms with Gasteiger partial charge in [0, 0.05) is 13.1 Å². The molecule has 1 saturated heterocycles. The third-order valence-corrected chi connectivity index (χ3v) is 5.27. The first kappa shape index (κ1) is 12.9. The number of thioether (sulfide) groups is 1. The van der Waals surface area contributed by atoms with Crippen molar-refractivity contribution in [1.82, 2.24) is 9.88 Å². The molecular formula is C13H14N2O2S2. The average Bonchev–Trinajstić information content (AvgIpc) is 3.01. The molecular weight excluding hydrogens is 280 g/mol. The maximum absolute atomic E-state index is 12.0. The molecule has 0 radical (unpaired) electrons. The number of nitrogens with zero attached hydrogens (tertiary/aromatic N) is 2. The predicted octanol–water partition coefficient (Wildman–Crippen LogP) is 1.98. The number of benzene rings is 1. The summed E-state index contributed by atoms with van der Waals surface area (Å²) in [6, 6.07) is 7.98. The molecule has 2 aromatic rings. The number of β-amino-alcohol motifs (C(OH)–C–C–N with tert-alkyl or cyclic N) is 1. The van der Waals surface area contributed by atoms with Crippen LogP contribution in [0.3, 0.4) is 0 Å². The minimum atomic E-state index is -0.351. The average molecular weight is 294 g/mol. The van der Waals surface area contributed by atoms with Gasteiger partial charge in [0.2, 0.25) is 5.91 Å². The molecule has 2 heterocycles. The summed E-state index contributed by atoms with van der Waals surface area (Å²) in [4.78, 5) is 18.2. The van der Waals surface area contributed by atoms with Crippen LogP contribution in [0, 0.1) is 0 Å². The number of rotatable bonds is 3. The molecule has 0 aliphatic carbocycles. The number of amides is 1. The SMILES string of the molecule is O=C(CSc1nc2ccccc2s1)N1CC[C@H](O)C1. The van der Waals surface area contributed by atoms with Crippen LogP contribution in [-0.2, 0) is 4.79 Å². The Balaban J connectivity index is 1.61. The zero-order chi connectivity index (χ0) is 13.2. The lowest BCUT2D eigenvalue weighted by atomic mass is 10.3. The summed E-state index contributed by atoms with van der Waals surface area (Å²) in [7, 11) is 0. The van der Waals surface area contributed by atoms with E-state index >= 15 is 0 Å². The van der Waals surface area contributed by atoms with E-state index in [1.54, 1.807) is 16.2 Å². The largest absolute Gasteiger partial charge is 0.391 e. The third kappa shape index (κ3) is 2.91. The van der Waals surface area contributed by atoms with Gasteiger partial charge in [-0.2, -0.15) is 0 Å². The summed E-state index contributed by atoms with van der Waals surface area (Å²) >= 11 is 3.09. The quantitative estimate of drug-likeness (QED) is 0.880. The number of carbonyl (C=O) groups excluding carboxylic acids is 1. The van der Waals surface area contributed by atoms with Gasteiger partial charge in [-0.15, -0.1) is 11.3 Å². The zero-order valence-electron chi connectivity index (χ0n) is 10.3. The summed E-state index contributed by atoms with van der Waals surface area (Å²) < 4.78 is 2.07. The normalized spacial score (nSPS) is 19.2. The monoisotopic (exact) mass is 294 g/mol. The highest BCUT2D eigenvalue weighted by Crippen LogP contribution is 2.29. The van der Waals surface area contributed by atoms with Gasteiger partial charge in [-0.05, 0) is 18.6 Å². The molecule has 1 amide bonds. The number of likely N-dealkylation sites (tertiary alicyclic amines) is 1. The van der Waals surface area contributed by atoms with Crippen molar-refractivity contribution in [3.63, 3.8) is 0 Å². The molecule has 1 aromatic heterocycles. The first-order chi connectivity index (χ1) is 9.22. The lowest BCUT2D eigenvalue weighted by Crippen LogP contribution is -2.30. The number of hydrogen-bond acceptors (Lipinski definition) is 5. The maximum atomic E-state index is 12.0. The minimum Gasteiger partial charge on any atom is -0.391 e. The molecule has 0 unspecified atom stereocenters. The van der Waals surface area contributed by atoms with Gasteiger partial charge < -0.3 is 10.0 Å². The van der Waals surface area contributed by atoms with E-state index in [2.05, 4.69) is 4.98 Å². The molecule has 19 heavy (non-hydrogen) atoms. The Bertz CT molecular complexity index is 566. The van der Waals surface area contributed by atoms with Crippen molar-refractivity contribution in [2.24, 2.45) is 0 Å². The van der Waals surface area contributed by atoms with E-state index in [1.165, 1.54) is 11.8 Å². The second kappa shape index (κ2) is 5.48. The first-order valence-electron chi connectivity index (χ1n) is 6.16. The van der Waals surface area contributed by atoms with Crippen LogP contribution in [0.15, 0.2) is 28.6 Å². The second-order valence-corrected chi connectivity index (χ2v) is 6.77. The van der Waals surface area contributed by atoms with Crippen LogP contribution in [0.2, 0.25) is 0 Å². The number of fused-ring (bicyclic) bond motifs is 1. The minimum absolute atomic E-state index is 0.0841. The molecule has 1 N–H and O–H groups in total. The molecule has 1 atom stereocenters. The Hall–Kier alpha value is -1.11. The summed E-state index contributed by atoms with van der Waals surface area (Å²) in [5, 5.41) is 9.42. The highest BCUT2D eigenvalue weighted by atomic mass is 32.2. The maximum Gasteiger partial charge on any atom is 0.233 e. The van der Waals surface area contributed by atoms with Crippen molar-refractivity contribution in [2.75, 3.05) is 18.8 Å². The van der Waals surface area contributed by atoms with E-state index in [4.69, 9.17) is 0 Å². The van der Waals surface area contributed by atoms with Crippen molar-refractivity contribution in [2.45, 2.75) is 16.9 Å². The fourth-order valence-electron chi connectivity index (χ4n) is 2.10. The number of hydrogen-bond donors (Lipinski definition) is 1. The standard InChI is InChI=1S/C13H14N2O2S2/c16-9-5-6-15(7-9)12(17)8-18-13-14-10-3-1-2-4-11(10)19-13/h1-4,9,16H,5-8H2/t9-/m0/s1. The van der Waals surface area contributed by atoms with E-state index in [0.717, 1.165) is 14.6 Å². The van der Waals surface area contributed by atoms with E-state index in [-0.39, 0.29) is 12.0 Å². The van der Waals surface area contributed by atoms with E-state index in [9.17, 15) is 9.90 Å². The number of thiazole rings is 1. The Morgan fingerprint density at radius 2 is 2.37 bits per heavy atom. The van der Waals surface area contributed by atoms with E-state index < -0.39 is 0 Å². The number of aromatic nitrogens is 1. The summed E-state index contributed by atoms with van der Waals surface area (Å²) in [6.07, 6.45) is 0.341. The van der Waals surface area contributed by atoms with Crippen molar-refractivity contribution < 1.29 is 9.90 Å². The Labute approximate surface area is 119 Å². The molecule has 1 aliphatic rings. The van der Waals surface area contributed by atoms with Crippen molar-refractivity contribution in [3.05, 3.63) is 24.3 Å². The van der Waals surface area contributed by atoms with Crippen molar-refractivity contribution in [1.29, 1.82) is 0 Å². The van der Waals surface area contributed by atoms with Crippen LogP contribution in [-0.4, -0.2) is 45.8 Å². The summed E-state index contributed by atoms with van der Waals surface area (Å²) in [6.45, 7) is 1.14. The molecule has 0 bridgehead atoms. The van der Waals surface area contributed by atoms with Gasteiger partial charge in [0.05, 0.1) is 22.1 Å². The Morgan fingerprint density at radius 1 is 1.53 bits per heavy atom. The molecule has 1 aromatic carbocycles. The van der Waals surface area contributed by atoms with Crippen LogP contribution in [0.1, 0.15) is 6.42 Å². The van der Waals surface area contributed by atoms with Gasteiger partial charge in [0.15, 0.2) is 4.34 Å². The van der Waals surface area contributed by atoms with Gasteiger partial charge >= 0.3 is 0 Å². The van der Waals surface area contributed by atoms with Crippen LogP contribution in [0.5, 0.6) is 0 Å². The lowest BCUT2D eigenvalue weighted by Gasteiger charge is -2.14. The molecule has 1 aliphatic heterocycles. The molecule has 100 valence electrons. The van der Waals surface area contributed by atoms with Gasteiger partial charge in [-0.1, -0.05) is 23.9 Å². The number of aliphatic hydroxyl groups excluding tert-OH is 1. The van der Waals surface area contributed by atoms with Crippen LogP contribution < -0.4 is 0 Å². The fraction of sp³-hybridized carbons (Fsp3) is 0.385. The smallest absolute Gasteiger partial charge is 0.233 e. The van der Waals surface area contributed by atoms with E-state index in [1.807, 2.05) is 24.3 Å². The van der Waals surface area contributed by atoms with Gasteiger partial charge in [0.25, 0.3) is 0 Å². The highest BCUT2D eigenvalue weighted by Gasteiger charge is 2.24. The highest BCUT2D eigenvalue weighted by molar-refractivity contribution is 8.01. The molecule has 0 saturated carbocycles. The zero-order valence-corrected chi connectivity index (χ0v) is 11.9. The van der Waals surface area contributed by atoms with Crippen LogP contribution >= 0.6 is 23.1 Å². The van der Waals surface area contributed by atoms with Crippen LogP contribution in [0.25, 0.3) is 10.2 Å². The van der Waals surface area contributed by atoms with Crippen molar-refractivity contribution in [3.8, 4) is 0 Å². The van der Waals surface area contributed by atoms with E-state index in [0.29, 0.717) is 25.3 Å². The number of aliphatic hydroxyl groups is 1. The van der Waals surface area contributed by atoms with Gasteiger partial charge in [-0.3, -0.25) is 4.79 Å². The van der Waals surface area contributed by atoms with Gasteiger partial charge in [-0.25, -0.2) is 4.98 Å². The topological polar surface area (TPSA) is 53.4 Å². The molecule has 3 rings (SSSR count). The second-order valence-electron chi connectivity index (χ2n) is 4.52. The molecule has 1 fully saturated rings. The molecule has 4 nitrogen and oxygen atoms in total. The summed E-state index contributed by atoms with van der Waals surface area (Å²) in [5.41, 5.74) is 0.985. The molecule has 6 heteroatoms. The first-order valence-corrected chi connectivity index (χ1v) is 7.97. The predicted molar refractivity (Wildman–Crippen MR) is 77.5 cm³/mol. The summed E-state index contributed by atoms with van der Waals surface area (Å²) in [5.74, 6) is 0.479. The van der Waals surface area contributed by atoms with Crippen LogP contribution in [0.4, 0.5) is 0 Å². The van der Waals surface area contributed by atoms with Gasteiger partial charge in [0.1, 0.15) is 0 Å². The molecule has 0 spiro atoms. The number of carbonyl (C=O) groups is 1. The fourth-order valence-corrected chi connectivity index (χ4v) is 4.07. The lowest BCUT2D eigenvalue weighted by molar-refractivity contribution is -0.127.